The van der Waals surface area contributed by atoms with E-state index >= 15 is 0 Å². The van der Waals surface area contributed by atoms with Gasteiger partial charge >= 0.3 is 6.68 Å². The van der Waals surface area contributed by atoms with Gasteiger partial charge in [0.25, 0.3) is 10.1 Å². The summed E-state index contributed by atoms with van der Waals surface area (Å²) in [7, 11) is -3.30. The third-order valence-corrected chi connectivity index (χ3v) is 1.86. The Labute approximate surface area is 75.3 Å². The first-order valence-corrected chi connectivity index (χ1v) is 4.83. The van der Waals surface area contributed by atoms with Crippen molar-refractivity contribution in [3.05, 3.63) is 12.7 Å². The van der Waals surface area contributed by atoms with Gasteiger partial charge in [-0.1, -0.05) is 6.08 Å². The van der Waals surface area contributed by atoms with Gasteiger partial charge in [-0.25, -0.2) is 0 Å². The van der Waals surface area contributed by atoms with E-state index in [1.165, 1.54) is 6.08 Å². The summed E-state index contributed by atoms with van der Waals surface area (Å²) in [5, 5.41) is 0. The summed E-state index contributed by atoms with van der Waals surface area (Å²) in [6, 6.07) is 0. The van der Waals surface area contributed by atoms with Crippen molar-refractivity contribution in [3.8, 4) is 0 Å². The van der Waals surface area contributed by atoms with Crippen LogP contribution < -0.4 is 0 Å². The molecular weight excluding hydrogens is 209 g/mol. The Kier molecular flexibility index (Phi) is 9.26. The molecule has 0 spiro atoms. The molecule has 0 radical (unpaired) electrons. The zero-order valence-corrected chi connectivity index (χ0v) is 7.86. The molecule has 0 aliphatic heterocycles. The van der Waals surface area contributed by atoms with Gasteiger partial charge in [0.05, 0.1) is 12.4 Å². The topological polar surface area (TPSA) is 43.4 Å². The molecule has 0 N–H and O–H groups in total. The van der Waals surface area contributed by atoms with Crippen LogP contribution in [0.5, 0.6) is 0 Å². The van der Waals surface area contributed by atoms with Gasteiger partial charge < -0.3 is 0 Å². The average molecular weight is 220 g/mol. The minimum atomic E-state index is -3.67. The van der Waals surface area contributed by atoms with Crippen molar-refractivity contribution in [2.45, 2.75) is 13.6 Å². The SMILES string of the molecule is C=CCS(=O)(=O)OCC.FC(F)F. The van der Waals surface area contributed by atoms with Gasteiger partial charge in [0.15, 0.2) is 0 Å². The maximum absolute atomic E-state index is 10.5. The predicted molar refractivity (Wildman–Crippen MR) is 42.7 cm³/mol. The van der Waals surface area contributed by atoms with Gasteiger partial charge in [-0.2, -0.15) is 21.6 Å². The van der Waals surface area contributed by atoms with Crippen LogP contribution in [0, 0.1) is 0 Å². The number of halogens is 3. The molecule has 0 heterocycles. The third-order valence-electron chi connectivity index (χ3n) is 0.619. The van der Waals surface area contributed by atoms with Crippen LogP contribution in [0.15, 0.2) is 12.7 Å². The van der Waals surface area contributed by atoms with Crippen LogP contribution in [0.3, 0.4) is 0 Å². The summed E-state index contributed by atoms with van der Waals surface area (Å²) in [6.45, 7) is 1.42. The molecule has 0 fully saturated rings. The molecule has 13 heavy (non-hydrogen) atoms. The summed E-state index contributed by atoms with van der Waals surface area (Å²) in [5.74, 6) is -0.110. The van der Waals surface area contributed by atoms with Crippen molar-refractivity contribution in [1.82, 2.24) is 0 Å². The summed E-state index contributed by atoms with van der Waals surface area (Å²) in [5.41, 5.74) is 0. The Morgan fingerprint density at radius 2 is 1.85 bits per heavy atom. The summed E-state index contributed by atoms with van der Waals surface area (Å²) < 4.78 is 54.4. The van der Waals surface area contributed by atoms with E-state index < -0.39 is 16.8 Å². The molecule has 0 saturated carbocycles. The largest absolute Gasteiger partial charge is 0.379 e. The summed E-state index contributed by atoms with van der Waals surface area (Å²) in [4.78, 5) is 0. The minimum Gasteiger partial charge on any atom is -0.270 e. The van der Waals surface area contributed by atoms with Gasteiger partial charge in [0.1, 0.15) is 0 Å². The molecule has 0 aliphatic rings. The van der Waals surface area contributed by atoms with Crippen molar-refractivity contribution in [2.75, 3.05) is 12.4 Å². The van der Waals surface area contributed by atoms with Crippen molar-refractivity contribution >= 4 is 10.1 Å². The van der Waals surface area contributed by atoms with Crippen molar-refractivity contribution in [1.29, 1.82) is 0 Å². The lowest BCUT2D eigenvalue weighted by Crippen LogP contribution is -2.07. The Hall–Kier alpha value is -0.560. The second kappa shape index (κ2) is 8.06. The highest BCUT2D eigenvalue weighted by molar-refractivity contribution is 7.86. The smallest absolute Gasteiger partial charge is 0.270 e. The molecular formula is C6H11F3O3S. The molecule has 0 aromatic carbocycles. The Morgan fingerprint density at radius 3 is 2.08 bits per heavy atom. The quantitative estimate of drug-likeness (QED) is 0.535. The van der Waals surface area contributed by atoms with Gasteiger partial charge in [-0.15, -0.1) is 6.58 Å². The van der Waals surface area contributed by atoms with Crippen LogP contribution in [0.1, 0.15) is 6.92 Å². The first-order chi connectivity index (χ1) is 5.85. The predicted octanol–water partition coefficient (Wildman–Crippen LogP) is 1.72. The normalized spacial score (nSPS) is 10.5. The molecule has 3 nitrogen and oxygen atoms in total. The zero-order valence-electron chi connectivity index (χ0n) is 7.04. The molecule has 0 unspecified atom stereocenters. The van der Waals surface area contributed by atoms with Crippen LogP contribution in [-0.4, -0.2) is 27.5 Å². The molecule has 0 amide bonds. The monoisotopic (exact) mass is 220 g/mol. The maximum atomic E-state index is 10.5. The van der Waals surface area contributed by atoms with E-state index in [1.54, 1.807) is 6.92 Å². The minimum absolute atomic E-state index is 0.110. The fraction of sp³-hybridized carbons (Fsp3) is 0.667. The van der Waals surface area contributed by atoms with Gasteiger partial charge in [0.2, 0.25) is 0 Å². The Morgan fingerprint density at radius 1 is 1.46 bits per heavy atom. The summed E-state index contributed by atoms with van der Waals surface area (Å²) in [6.07, 6.45) is 1.30. The number of alkyl halides is 3. The maximum Gasteiger partial charge on any atom is 0.379 e. The Balaban J connectivity index is 0. The van der Waals surface area contributed by atoms with E-state index in [-0.39, 0.29) is 12.4 Å². The second-order valence-corrected chi connectivity index (χ2v) is 3.35. The number of hydrogen-bond acceptors (Lipinski definition) is 3. The highest BCUT2D eigenvalue weighted by Crippen LogP contribution is 1.91. The van der Waals surface area contributed by atoms with E-state index in [0.717, 1.165) is 0 Å². The van der Waals surface area contributed by atoms with E-state index in [2.05, 4.69) is 10.8 Å². The van der Waals surface area contributed by atoms with E-state index in [1.807, 2.05) is 0 Å². The number of rotatable bonds is 4. The highest BCUT2D eigenvalue weighted by atomic mass is 32.2. The fourth-order valence-corrected chi connectivity index (χ4v) is 1.12. The highest BCUT2D eigenvalue weighted by Gasteiger charge is 2.04. The van der Waals surface area contributed by atoms with Crippen LogP contribution in [0.25, 0.3) is 0 Å². The lowest BCUT2D eigenvalue weighted by Gasteiger charge is -1.96. The lowest BCUT2D eigenvalue weighted by atomic mass is 10.8. The molecule has 0 aliphatic carbocycles. The third kappa shape index (κ3) is 18.4. The zero-order chi connectivity index (χ0) is 10.9. The fourth-order valence-electron chi connectivity index (χ4n) is 0.372. The van der Waals surface area contributed by atoms with Crippen molar-refractivity contribution < 1.29 is 25.8 Å². The van der Waals surface area contributed by atoms with Gasteiger partial charge in [-0.05, 0) is 6.92 Å². The first-order valence-electron chi connectivity index (χ1n) is 3.26. The average Bonchev–Trinajstić information content (AvgIpc) is 1.84. The first kappa shape index (κ1) is 14.9. The molecule has 7 heteroatoms. The lowest BCUT2D eigenvalue weighted by molar-refractivity contribution is 0.00819. The van der Waals surface area contributed by atoms with Crippen LogP contribution in [0.2, 0.25) is 0 Å². The molecule has 0 aromatic heterocycles. The van der Waals surface area contributed by atoms with Gasteiger partial charge in [0, 0.05) is 0 Å². The van der Waals surface area contributed by atoms with Crippen LogP contribution in [-0.2, 0) is 14.3 Å². The molecule has 0 saturated heterocycles. The molecule has 80 valence electrons. The number of hydrogen-bond donors (Lipinski definition) is 0. The Bertz CT molecular complexity index is 210. The van der Waals surface area contributed by atoms with E-state index in [0.29, 0.717) is 0 Å². The van der Waals surface area contributed by atoms with Crippen molar-refractivity contribution in [2.24, 2.45) is 0 Å². The summed E-state index contributed by atoms with van der Waals surface area (Å²) >= 11 is 0. The second-order valence-electron chi connectivity index (χ2n) is 1.67. The standard InChI is InChI=1S/C5H10O3S.CHF3/c1-3-5-9(6,7)8-4-2;2-1(3)4/h3H,1,4-5H2,2H3;1H. The van der Waals surface area contributed by atoms with Crippen LogP contribution in [0.4, 0.5) is 13.2 Å². The van der Waals surface area contributed by atoms with Gasteiger partial charge in [-0.3, -0.25) is 4.18 Å². The molecule has 0 rings (SSSR count). The molecule has 0 atom stereocenters. The van der Waals surface area contributed by atoms with Crippen LogP contribution >= 0.6 is 0 Å². The van der Waals surface area contributed by atoms with E-state index in [9.17, 15) is 21.6 Å². The molecule has 0 bridgehead atoms. The van der Waals surface area contributed by atoms with Crippen molar-refractivity contribution in [3.63, 3.8) is 0 Å². The van der Waals surface area contributed by atoms with E-state index in [4.69, 9.17) is 0 Å². The molecule has 0 aromatic rings.